The molecule has 0 aromatic heterocycles. The van der Waals surface area contributed by atoms with Crippen LogP contribution in [0.1, 0.15) is 32.1 Å². The van der Waals surface area contributed by atoms with Crippen LogP contribution in [0.2, 0.25) is 0 Å². The van der Waals surface area contributed by atoms with E-state index in [4.69, 9.17) is 14.2 Å². The molecule has 0 radical (unpaired) electrons. The lowest BCUT2D eigenvalue weighted by molar-refractivity contribution is -0.187. The molecule has 0 aromatic rings. The molecule has 3 aliphatic rings. The van der Waals surface area contributed by atoms with Crippen molar-refractivity contribution in [3.8, 4) is 0 Å². The van der Waals surface area contributed by atoms with Crippen molar-refractivity contribution in [1.29, 1.82) is 0 Å². The topological polar surface area (TPSA) is 48.0 Å². The predicted octanol–water partition coefficient (Wildman–Crippen LogP) is 1.17. The minimum atomic E-state index is -0.384. The molecule has 3 rings (SSSR count). The van der Waals surface area contributed by atoms with Crippen LogP contribution >= 0.6 is 0 Å². The fourth-order valence-electron chi connectivity index (χ4n) is 3.23. The lowest BCUT2D eigenvalue weighted by atomic mass is 9.96. The van der Waals surface area contributed by atoms with Crippen LogP contribution in [0.3, 0.4) is 0 Å². The summed E-state index contributed by atoms with van der Waals surface area (Å²) in [5.74, 6) is 0.296. The van der Waals surface area contributed by atoms with Crippen LogP contribution < -0.4 is 0 Å². The average Bonchev–Trinajstić information content (AvgIpc) is 2.89. The van der Waals surface area contributed by atoms with Crippen LogP contribution in [0, 0.1) is 5.92 Å². The van der Waals surface area contributed by atoms with Crippen molar-refractivity contribution in [2.24, 2.45) is 5.92 Å². The Labute approximate surface area is 114 Å². The van der Waals surface area contributed by atoms with Crippen molar-refractivity contribution in [2.75, 3.05) is 39.5 Å². The molecule has 3 fully saturated rings. The Morgan fingerprint density at radius 3 is 2.53 bits per heavy atom. The van der Waals surface area contributed by atoms with Gasteiger partial charge in [0.25, 0.3) is 0 Å². The first-order valence-corrected chi connectivity index (χ1v) is 7.41. The Balaban J connectivity index is 1.46. The van der Waals surface area contributed by atoms with Crippen LogP contribution in [0.5, 0.6) is 0 Å². The summed E-state index contributed by atoms with van der Waals surface area (Å²) >= 11 is 0. The van der Waals surface area contributed by atoms with E-state index in [9.17, 15) is 4.79 Å². The number of hydrogen-bond donors (Lipinski definition) is 0. The highest BCUT2D eigenvalue weighted by atomic mass is 16.7. The smallest absolute Gasteiger partial charge is 0.222 e. The first-order valence-electron chi connectivity index (χ1n) is 7.41. The summed E-state index contributed by atoms with van der Waals surface area (Å²) in [6.07, 6.45) is 4.45. The van der Waals surface area contributed by atoms with Crippen molar-refractivity contribution in [2.45, 2.75) is 37.9 Å². The highest BCUT2D eigenvalue weighted by Gasteiger charge is 2.40. The number of hydrogen-bond acceptors (Lipinski definition) is 4. The highest BCUT2D eigenvalue weighted by Crippen LogP contribution is 2.31. The molecule has 0 saturated carbocycles. The summed E-state index contributed by atoms with van der Waals surface area (Å²) in [4.78, 5) is 14.2. The van der Waals surface area contributed by atoms with E-state index in [1.165, 1.54) is 0 Å². The molecule has 0 aliphatic carbocycles. The SMILES string of the molecule is O=C(CC1CCCOC1)N1CCC2(CC1)OCCO2. The molecule has 108 valence electrons. The maximum atomic E-state index is 12.3. The molecule has 3 aliphatic heterocycles. The molecule has 5 nitrogen and oxygen atoms in total. The van der Waals surface area contributed by atoms with Crippen LogP contribution in [-0.2, 0) is 19.0 Å². The van der Waals surface area contributed by atoms with E-state index in [0.29, 0.717) is 25.6 Å². The Kier molecular flexibility index (Phi) is 4.05. The van der Waals surface area contributed by atoms with E-state index in [0.717, 1.165) is 52.0 Å². The lowest BCUT2D eigenvalue weighted by Crippen LogP contribution is -2.47. The van der Waals surface area contributed by atoms with Crippen LogP contribution in [-0.4, -0.2) is 56.1 Å². The van der Waals surface area contributed by atoms with Crippen LogP contribution in [0.25, 0.3) is 0 Å². The van der Waals surface area contributed by atoms with Gasteiger partial charge < -0.3 is 19.1 Å². The Morgan fingerprint density at radius 1 is 1.16 bits per heavy atom. The predicted molar refractivity (Wildman–Crippen MR) is 68.6 cm³/mol. The Morgan fingerprint density at radius 2 is 1.89 bits per heavy atom. The van der Waals surface area contributed by atoms with Gasteiger partial charge in [-0.05, 0) is 18.8 Å². The van der Waals surface area contributed by atoms with Gasteiger partial charge in [0.2, 0.25) is 5.91 Å². The third kappa shape index (κ3) is 3.09. The summed E-state index contributed by atoms with van der Waals surface area (Å²) in [5, 5.41) is 0. The molecule has 1 spiro atoms. The fraction of sp³-hybridized carbons (Fsp3) is 0.929. The average molecular weight is 269 g/mol. The molecule has 5 heteroatoms. The quantitative estimate of drug-likeness (QED) is 0.755. The largest absolute Gasteiger partial charge is 0.381 e. The van der Waals surface area contributed by atoms with E-state index < -0.39 is 0 Å². The third-order valence-corrected chi connectivity index (χ3v) is 4.41. The summed E-state index contributed by atoms with van der Waals surface area (Å²) in [6, 6.07) is 0. The van der Waals surface area contributed by atoms with E-state index >= 15 is 0 Å². The molecule has 19 heavy (non-hydrogen) atoms. The van der Waals surface area contributed by atoms with Gasteiger partial charge in [-0.3, -0.25) is 4.79 Å². The fourth-order valence-corrected chi connectivity index (χ4v) is 3.23. The maximum absolute atomic E-state index is 12.3. The Bertz CT molecular complexity index is 311. The second-order valence-corrected chi connectivity index (χ2v) is 5.78. The van der Waals surface area contributed by atoms with E-state index in [-0.39, 0.29) is 11.7 Å². The molecule has 0 N–H and O–H groups in total. The summed E-state index contributed by atoms with van der Waals surface area (Å²) in [7, 11) is 0. The number of piperidine rings is 1. The molecule has 1 atom stereocenters. The second-order valence-electron chi connectivity index (χ2n) is 5.78. The number of carbonyl (C=O) groups excluding carboxylic acids is 1. The Hall–Kier alpha value is -0.650. The van der Waals surface area contributed by atoms with Gasteiger partial charge in [0.1, 0.15) is 0 Å². The highest BCUT2D eigenvalue weighted by molar-refractivity contribution is 5.76. The molecule has 1 amide bonds. The number of ether oxygens (including phenoxy) is 3. The van der Waals surface area contributed by atoms with Crippen molar-refractivity contribution < 1.29 is 19.0 Å². The molecule has 3 saturated heterocycles. The standard InChI is InChI=1S/C14H23NO4/c16-13(10-12-2-1-7-17-11-12)15-5-3-14(4-6-15)18-8-9-19-14/h12H,1-11H2. The number of carbonyl (C=O) groups is 1. The number of likely N-dealkylation sites (tertiary alicyclic amines) is 1. The van der Waals surface area contributed by atoms with E-state index in [2.05, 4.69) is 0 Å². The molecular formula is C14H23NO4. The van der Waals surface area contributed by atoms with Crippen molar-refractivity contribution in [1.82, 2.24) is 4.90 Å². The number of nitrogens with zero attached hydrogens (tertiary/aromatic N) is 1. The first kappa shape index (κ1) is 13.3. The van der Waals surface area contributed by atoms with Crippen molar-refractivity contribution in [3.63, 3.8) is 0 Å². The lowest BCUT2D eigenvalue weighted by Gasteiger charge is -2.38. The van der Waals surface area contributed by atoms with Gasteiger partial charge in [-0.1, -0.05) is 0 Å². The zero-order chi connectivity index (χ0) is 13.1. The third-order valence-electron chi connectivity index (χ3n) is 4.41. The molecular weight excluding hydrogens is 246 g/mol. The molecule has 0 aromatic carbocycles. The van der Waals surface area contributed by atoms with E-state index in [1.54, 1.807) is 0 Å². The minimum absolute atomic E-state index is 0.267. The van der Waals surface area contributed by atoms with Gasteiger partial charge in [0.15, 0.2) is 5.79 Å². The van der Waals surface area contributed by atoms with Crippen LogP contribution in [0.15, 0.2) is 0 Å². The van der Waals surface area contributed by atoms with Crippen molar-refractivity contribution >= 4 is 5.91 Å². The van der Waals surface area contributed by atoms with Gasteiger partial charge in [0, 0.05) is 45.6 Å². The summed E-state index contributed by atoms with van der Waals surface area (Å²) < 4.78 is 16.8. The van der Waals surface area contributed by atoms with Gasteiger partial charge >= 0.3 is 0 Å². The zero-order valence-corrected chi connectivity index (χ0v) is 11.4. The molecule has 3 heterocycles. The maximum Gasteiger partial charge on any atom is 0.222 e. The normalized spacial score (nSPS) is 30.7. The summed E-state index contributed by atoms with van der Waals surface area (Å²) in [6.45, 7) is 4.49. The van der Waals surface area contributed by atoms with Gasteiger partial charge in [0.05, 0.1) is 13.2 Å². The zero-order valence-electron chi connectivity index (χ0n) is 11.4. The van der Waals surface area contributed by atoms with Gasteiger partial charge in [-0.15, -0.1) is 0 Å². The van der Waals surface area contributed by atoms with Crippen LogP contribution in [0.4, 0.5) is 0 Å². The molecule has 0 bridgehead atoms. The molecule has 1 unspecified atom stereocenters. The van der Waals surface area contributed by atoms with Gasteiger partial charge in [-0.2, -0.15) is 0 Å². The minimum Gasteiger partial charge on any atom is -0.381 e. The van der Waals surface area contributed by atoms with Gasteiger partial charge in [-0.25, -0.2) is 0 Å². The number of amides is 1. The second kappa shape index (κ2) is 5.77. The van der Waals surface area contributed by atoms with E-state index in [1.807, 2.05) is 4.90 Å². The monoisotopic (exact) mass is 269 g/mol. The first-order chi connectivity index (χ1) is 9.27. The number of rotatable bonds is 2. The van der Waals surface area contributed by atoms with Crippen molar-refractivity contribution in [3.05, 3.63) is 0 Å². The summed E-state index contributed by atoms with van der Waals surface area (Å²) in [5.41, 5.74) is 0.